The highest BCUT2D eigenvalue weighted by Gasteiger charge is 2.46. The van der Waals surface area contributed by atoms with E-state index in [1.807, 2.05) is 18.2 Å². The minimum Gasteiger partial charge on any atom is -0.497 e. The van der Waals surface area contributed by atoms with E-state index in [1.165, 1.54) is 22.8 Å². The smallest absolute Gasteiger partial charge is 0.273 e. The summed E-state index contributed by atoms with van der Waals surface area (Å²) < 4.78 is 34.6. The lowest BCUT2D eigenvalue weighted by Gasteiger charge is -2.23. The Morgan fingerprint density at radius 3 is 2.90 bits per heavy atom. The predicted octanol–water partition coefficient (Wildman–Crippen LogP) is 1.52. The maximum atomic E-state index is 14.0. The van der Waals surface area contributed by atoms with E-state index in [1.54, 1.807) is 13.2 Å². The molecule has 0 bridgehead atoms. The molecule has 1 unspecified atom stereocenters. The number of nitrogens with one attached hydrogen (secondary N) is 1. The number of hydrogen-bond acceptors (Lipinski definition) is 5. The summed E-state index contributed by atoms with van der Waals surface area (Å²) >= 11 is 0. The molecule has 1 aromatic carbocycles. The number of ether oxygens (including phenoxy) is 1. The zero-order valence-corrected chi connectivity index (χ0v) is 16.3. The molecule has 2 aromatic rings. The Bertz CT molecular complexity index is 886. The Hall–Kier alpha value is -3.04. The summed E-state index contributed by atoms with van der Waals surface area (Å²) in [5, 5.41) is 9.96. The van der Waals surface area contributed by atoms with Gasteiger partial charge in [0, 0.05) is 19.9 Å². The molecule has 29 heavy (non-hydrogen) atoms. The summed E-state index contributed by atoms with van der Waals surface area (Å²) in [4.78, 5) is 25.5. The second kappa shape index (κ2) is 8.54. The zero-order chi connectivity index (χ0) is 21.0. The van der Waals surface area contributed by atoms with Gasteiger partial charge in [-0.15, -0.1) is 5.10 Å². The minimum absolute atomic E-state index is 0.0461. The summed E-state index contributed by atoms with van der Waals surface area (Å²) in [7, 11) is 3.02. The first kappa shape index (κ1) is 20.7. The van der Waals surface area contributed by atoms with Gasteiger partial charge < -0.3 is 15.0 Å². The molecule has 1 aromatic heterocycles. The number of methoxy groups -OCH3 is 1. The largest absolute Gasteiger partial charge is 0.497 e. The number of amides is 2. The third kappa shape index (κ3) is 5.07. The third-order valence-corrected chi connectivity index (χ3v) is 4.85. The van der Waals surface area contributed by atoms with Gasteiger partial charge >= 0.3 is 0 Å². The normalized spacial score (nSPS) is 17.9. The number of hydrogen-bond donors (Lipinski definition) is 1. The standard InChI is InChI=1S/C19H23F2N5O3/c1-22-18(28)16-11-25(24-23-16)10-14-9-19(20,21)12-26(14)17(27)7-6-13-4-3-5-15(8-13)29-2/h3-5,8,11,14H,6-7,9-10,12H2,1-2H3,(H,22,28). The van der Waals surface area contributed by atoms with Crippen LogP contribution in [0.3, 0.4) is 0 Å². The predicted molar refractivity (Wildman–Crippen MR) is 99.8 cm³/mol. The molecule has 1 N–H and O–H groups in total. The van der Waals surface area contributed by atoms with Crippen molar-refractivity contribution in [1.29, 1.82) is 0 Å². The van der Waals surface area contributed by atoms with Gasteiger partial charge in [0.15, 0.2) is 5.69 Å². The fourth-order valence-corrected chi connectivity index (χ4v) is 3.41. The Morgan fingerprint density at radius 2 is 2.17 bits per heavy atom. The molecule has 1 saturated heterocycles. The summed E-state index contributed by atoms with van der Waals surface area (Å²) in [6.45, 7) is -0.573. The molecule has 1 atom stereocenters. The van der Waals surface area contributed by atoms with Crippen molar-refractivity contribution >= 4 is 11.8 Å². The van der Waals surface area contributed by atoms with E-state index in [0.717, 1.165) is 5.56 Å². The molecular formula is C19H23F2N5O3. The summed E-state index contributed by atoms with van der Waals surface area (Å²) in [6, 6.07) is 6.58. The van der Waals surface area contributed by atoms with Crippen molar-refractivity contribution in [2.75, 3.05) is 20.7 Å². The molecule has 0 saturated carbocycles. The molecule has 1 aliphatic heterocycles. The number of carbonyl (C=O) groups excluding carboxylic acids is 2. The van der Waals surface area contributed by atoms with Crippen molar-refractivity contribution in [3.05, 3.63) is 41.7 Å². The number of likely N-dealkylation sites (tertiary alicyclic amines) is 1. The second-order valence-electron chi connectivity index (χ2n) is 6.99. The van der Waals surface area contributed by atoms with Crippen LogP contribution in [0.2, 0.25) is 0 Å². The van der Waals surface area contributed by atoms with Gasteiger partial charge in [-0.2, -0.15) is 0 Å². The van der Waals surface area contributed by atoms with Crippen LogP contribution in [0.15, 0.2) is 30.5 Å². The molecule has 1 aliphatic rings. The number of carbonyl (C=O) groups is 2. The molecule has 2 heterocycles. The van der Waals surface area contributed by atoms with Crippen LogP contribution in [-0.2, 0) is 17.8 Å². The molecule has 1 fully saturated rings. The number of halogens is 2. The fraction of sp³-hybridized carbons (Fsp3) is 0.474. The number of nitrogens with zero attached hydrogens (tertiary/aromatic N) is 4. The number of aromatic nitrogens is 3. The SMILES string of the molecule is CNC(=O)c1cn(CC2CC(F)(F)CN2C(=O)CCc2cccc(OC)c2)nn1. The minimum atomic E-state index is -2.96. The van der Waals surface area contributed by atoms with E-state index >= 15 is 0 Å². The summed E-state index contributed by atoms with van der Waals surface area (Å²) in [5.74, 6) is -3.04. The fourth-order valence-electron chi connectivity index (χ4n) is 3.41. The van der Waals surface area contributed by atoms with Gasteiger partial charge in [0.1, 0.15) is 5.75 Å². The Kier molecular flexibility index (Phi) is 6.09. The van der Waals surface area contributed by atoms with Gasteiger partial charge in [0.05, 0.1) is 32.4 Å². The maximum absolute atomic E-state index is 14.0. The number of benzene rings is 1. The number of alkyl halides is 2. The molecule has 10 heteroatoms. The van der Waals surface area contributed by atoms with Crippen molar-refractivity contribution < 1.29 is 23.1 Å². The maximum Gasteiger partial charge on any atom is 0.273 e. The molecular weight excluding hydrogens is 384 g/mol. The van der Waals surface area contributed by atoms with E-state index in [-0.39, 0.29) is 24.6 Å². The molecule has 156 valence electrons. The van der Waals surface area contributed by atoms with Crippen LogP contribution in [0, 0.1) is 0 Å². The average Bonchev–Trinajstić information content (AvgIpc) is 3.29. The molecule has 0 radical (unpaired) electrons. The van der Waals surface area contributed by atoms with Gasteiger partial charge in [0.2, 0.25) is 5.91 Å². The first-order valence-electron chi connectivity index (χ1n) is 9.24. The molecule has 3 rings (SSSR count). The van der Waals surface area contributed by atoms with Crippen molar-refractivity contribution in [2.45, 2.75) is 37.8 Å². The molecule has 0 aliphatic carbocycles. The van der Waals surface area contributed by atoms with Gasteiger partial charge in [-0.1, -0.05) is 17.3 Å². The van der Waals surface area contributed by atoms with Crippen LogP contribution in [0.25, 0.3) is 0 Å². The van der Waals surface area contributed by atoms with Crippen LogP contribution in [0.5, 0.6) is 5.75 Å². The van der Waals surface area contributed by atoms with Crippen LogP contribution in [0.1, 0.15) is 28.9 Å². The van der Waals surface area contributed by atoms with Gasteiger partial charge in [0.25, 0.3) is 11.8 Å². The topological polar surface area (TPSA) is 89.4 Å². The lowest BCUT2D eigenvalue weighted by molar-refractivity contribution is -0.133. The van der Waals surface area contributed by atoms with Crippen LogP contribution in [0.4, 0.5) is 8.78 Å². The molecule has 2 amide bonds. The lowest BCUT2D eigenvalue weighted by Crippen LogP contribution is -2.39. The molecule has 0 spiro atoms. The zero-order valence-electron chi connectivity index (χ0n) is 16.3. The summed E-state index contributed by atoms with van der Waals surface area (Å²) in [5.41, 5.74) is 0.986. The number of rotatable bonds is 7. The van der Waals surface area contributed by atoms with E-state index in [4.69, 9.17) is 4.74 Å². The van der Waals surface area contributed by atoms with Crippen LogP contribution < -0.4 is 10.1 Å². The lowest BCUT2D eigenvalue weighted by atomic mass is 10.1. The highest BCUT2D eigenvalue weighted by Crippen LogP contribution is 2.33. The van der Waals surface area contributed by atoms with Gasteiger partial charge in [-0.05, 0) is 24.1 Å². The van der Waals surface area contributed by atoms with E-state index in [0.29, 0.717) is 12.2 Å². The van der Waals surface area contributed by atoms with Crippen molar-refractivity contribution in [3.63, 3.8) is 0 Å². The van der Waals surface area contributed by atoms with E-state index in [2.05, 4.69) is 15.6 Å². The Labute approximate surface area is 166 Å². The van der Waals surface area contributed by atoms with Crippen molar-refractivity contribution in [2.24, 2.45) is 0 Å². The highest BCUT2D eigenvalue weighted by atomic mass is 19.3. The van der Waals surface area contributed by atoms with Crippen molar-refractivity contribution in [3.8, 4) is 5.75 Å². The number of aryl methyl sites for hydroxylation is 1. The Morgan fingerprint density at radius 1 is 1.38 bits per heavy atom. The van der Waals surface area contributed by atoms with E-state index in [9.17, 15) is 18.4 Å². The highest BCUT2D eigenvalue weighted by molar-refractivity contribution is 5.91. The Balaban J connectivity index is 1.66. The quantitative estimate of drug-likeness (QED) is 0.752. The van der Waals surface area contributed by atoms with Gasteiger partial charge in [-0.25, -0.2) is 13.5 Å². The monoisotopic (exact) mass is 407 g/mol. The summed E-state index contributed by atoms with van der Waals surface area (Å²) in [6.07, 6.45) is 1.47. The van der Waals surface area contributed by atoms with Crippen LogP contribution in [-0.4, -0.2) is 64.4 Å². The van der Waals surface area contributed by atoms with E-state index < -0.39 is 30.8 Å². The first-order valence-corrected chi connectivity index (χ1v) is 9.24. The first-order chi connectivity index (χ1) is 13.8. The van der Waals surface area contributed by atoms with Crippen molar-refractivity contribution in [1.82, 2.24) is 25.2 Å². The van der Waals surface area contributed by atoms with Gasteiger partial charge in [-0.3, -0.25) is 9.59 Å². The van der Waals surface area contributed by atoms with Crippen LogP contribution >= 0.6 is 0 Å². The third-order valence-electron chi connectivity index (χ3n) is 4.85. The average molecular weight is 407 g/mol. The molecule has 8 nitrogen and oxygen atoms in total. The second-order valence-corrected chi connectivity index (χ2v) is 6.99.